The van der Waals surface area contributed by atoms with Gasteiger partial charge in [-0.3, -0.25) is 39.2 Å². The number of likely N-dealkylation sites (tertiary alicyclic amines) is 1. The minimum atomic E-state index is -1.19. The van der Waals surface area contributed by atoms with E-state index in [-0.39, 0.29) is 30.0 Å². The molecule has 4 N–H and O–H groups in total. The number of hydrogen-bond donors (Lipinski definition) is 4. The number of carbonyl (C=O) groups excluding carboxylic acids is 5. The Bertz CT molecular complexity index is 2200. The Morgan fingerprint density at radius 1 is 0.965 bits per heavy atom. The average Bonchev–Trinajstić information content (AvgIpc) is 3.73. The zero-order valence-corrected chi connectivity index (χ0v) is 33.1. The highest BCUT2D eigenvalue weighted by Gasteiger charge is 2.45. The second-order valence-electron chi connectivity index (χ2n) is 16.4. The smallest absolute Gasteiger partial charge is 0.275 e. The van der Waals surface area contributed by atoms with Gasteiger partial charge in [0, 0.05) is 54.8 Å². The first-order valence-electron chi connectivity index (χ1n) is 20.0. The molecule has 298 valence electrons. The van der Waals surface area contributed by atoms with Crippen molar-refractivity contribution in [2.24, 2.45) is 11.8 Å². The molecule has 2 aromatic carbocycles. The summed E-state index contributed by atoms with van der Waals surface area (Å²) in [6, 6.07) is 8.00. The summed E-state index contributed by atoms with van der Waals surface area (Å²) < 4.78 is 0.973. The highest BCUT2D eigenvalue weighted by molar-refractivity contribution is 7.18. The highest BCUT2D eigenvalue weighted by Crippen LogP contribution is 2.42. The summed E-state index contributed by atoms with van der Waals surface area (Å²) in [7, 11) is 0. The first kappa shape index (κ1) is 38.7. The van der Waals surface area contributed by atoms with E-state index in [4.69, 9.17) is 4.98 Å². The molecule has 8 rings (SSSR count). The molecular weight excluding hydrogens is 745 g/mol. The molecule has 2 aromatic heterocycles. The van der Waals surface area contributed by atoms with Crippen molar-refractivity contribution < 1.29 is 29.1 Å². The van der Waals surface area contributed by atoms with Crippen LogP contribution in [0.15, 0.2) is 48.9 Å². The minimum Gasteiger partial charge on any atom is -0.386 e. The largest absolute Gasteiger partial charge is 0.386 e. The van der Waals surface area contributed by atoms with E-state index in [1.807, 2.05) is 12.1 Å². The molecule has 4 aromatic rings. The quantitative estimate of drug-likeness (QED) is 0.142. The van der Waals surface area contributed by atoms with Gasteiger partial charge in [0.15, 0.2) is 0 Å². The Morgan fingerprint density at radius 2 is 1.75 bits per heavy atom. The summed E-state index contributed by atoms with van der Waals surface area (Å²) >= 11 is 1.67. The lowest BCUT2D eigenvalue weighted by atomic mass is 9.81. The topological polar surface area (TPSA) is 187 Å². The number of amides is 5. The van der Waals surface area contributed by atoms with E-state index in [0.29, 0.717) is 46.8 Å². The molecule has 3 fully saturated rings. The standard InChI is InChI=1S/C42H48N8O6S/c1-42(2,56)28-20-31-34(21-30(28)46-37(52)32-22-43-16-17-45-32)57-39(47-31)26-8-6-25(7-9-26)23-49-18-13-24(14-19-49)12-15-44-29-5-3-4-27-36(29)41(55)50(40(27)54)33-10-11-35(51)48-38(33)53/h3-5,16-17,20-22,24-26,33,44,56H,6-15,18-19,23H2,1-2H3,(H,46,52)(H,48,51,53)/t25-,26-,33?. The first-order chi connectivity index (χ1) is 27.4. The second kappa shape index (κ2) is 16.0. The van der Waals surface area contributed by atoms with Gasteiger partial charge in [-0.15, -0.1) is 11.3 Å². The Kier molecular flexibility index (Phi) is 10.9. The van der Waals surface area contributed by atoms with Crippen LogP contribution in [0.25, 0.3) is 10.2 Å². The Labute approximate surface area is 334 Å². The Balaban J connectivity index is 0.803. The zero-order valence-electron chi connectivity index (χ0n) is 32.3. The van der Waals surface area contributed by atoms with Crippen molar-refractivity contribution >= 4 is 62.5 Å². The van der Waals surface area contributed by atoms with E-state index in [1.165, 1.54) is 18.6 Å². The number of aliphatic hydroxyl groups is 1. The van der Waals surface area contributed by atoms with E-state index in [2.05, 4.69) is 30.8 Å². The summed E-state index contributed by atoms with van der Waals surface area (Å²) in [5.41, 5.74) is 2.17. The molecule has 5 heterocycles. The lowest BCUT2D eigenvalue weighted by molar-refractivity contribution is -0.136. The maximum absolute atomic E-state index is 13.4. The lowest BCUT2D eigenvalue weighted by Gasteiger charge is -2.36. The predicted molar refractivity (Wildman–Crippen MR) is 215 cm³/mol. The third-order valence-electron chi connectivity index (χ3n) is 12.0. The number of nitrogens with zero attached hydrogens (tertiary/aromatic N) is 5. The third kappa shape index (κ3) is 8.18. The number of anilines is 2. The molecular formula is C42H48N8O6S. The SMILES string of the molecule is CC(C)(O)c1cc2nc([C@H]3CC[C@H](CN4CCC(CCNc5cccc6c5C(=O)N(C5CCC(=O)NC5=O)C6=O)CC4)CC3)sc2cc1NC(=O)c1cnccn1. The molecule has 5 amide bonds. The number of rotatable bonds is 11. The Morgan fingerprint density at radius 3 is 2.47 bits per heavy atom. The van der Waals surface area contributed by atoms with Crippen molar-refractivity contribution in [3.05, 3.63) is 76.3 Å². The number of imide groups is 2. The fourth-order valence-corrected chi connectivity index (χ4v) is 10.0. The van der Waals surface area contributed by atoms with Gasteiger partial charge in [-0.25, -0.2) is 9.97 Å². The summed E-state index contributed by atoms with van der Waals surface area (Å²) in [5.74, 6) is -0.770. The number of benzene rings is 2. The van der Waals surface area contributed by atoms with Crippen LogP contribution in [0.2, 0.25) is 0 Å². The van der Waals surface area contributed by atoms with Crippen LogP contribution in [0.1, 0.15) is 119 Å². The van der Waals surface area contributed by atoms with E-state index < -0.39 is 35.3 Å². The van der Waals surface area contributed by atoms with Crippen LogP contribution in [0, 0.1) is 11.8 Å². The number of hydrogen-bond acceptors (Lipinski definition) is 12. The summed E-state index contributed by atoms with van der Waals surface area (Å²) in [6.07, 6.45) is 12.3. The number of piperidine rings is 2. The predicted octanol–water partition coefficient (Wildman–Crippen LogP) is 5.46. The number of carbonyl (C=O) groups is 5. The van der Waals surface area contributed by atoms with E-state index in [9.17, 15) is 29.1 Å². The summed E-state index contributed by atoms with van der Waals surface area (Å²) in [5, 5.41) is 20.7. The van der Waals surface area contributed by atoms with Gasteiger partial charge in [0.25, 0.3) is 17.7 Å². The summed E-state index contributed by atoms with van der Waals surface area (Å²) in [6.45, 7) is 7.32. The molecule has 3 aliphatic heterocycles. The normalized spacial score (nSPS) is 22.2. The number of aromatic nitrogens is 3. The monoisotopic (exact) mass is 792 g/mol. The first-order valence-corrected chi connectivity index (χ1v) is 20.8. The molecule has 4 aliphatic rings. The van der Waals surface area contributed by atoms with E-state index in [0.717, 1.165) is 84.7 Å². The van der Waals surface area contributed by atoms with Gasteiger partial charge in [-0.2, -0.15) is 0 Å². The molecule has 14 nitrogen and oxygen atoms in total. The fraction of sp³-hybridized carbons (Fsp3) is 0.476. The van der Waals surface area contributed by atoms with Gasteiger partial charge in [-0.1, -0.05) is 6.07 Å². The van der Waals surface area contributed by atoms with Crippen LogP contribution in [0.5, 0.6) is 0 Å². The van der Waals surface area contributed by atoms with Gasteiger partial charge in [0.1, 0.15) is 11.7 Å². The van der Waals surface area contributed by atoms with Crippen molar-refractivity contribution in [3.63, 3.8) is 0 Å². The van der Waals surface area contributed by atoms with Crippen molar-refractivity contribution in [2.45, 2.75) is 89.2 Å². The molecule has 1 atom stereocenters. The molecule has 0 spiro atoms. The zero-order chi connectivity index (χ0) is 39.8. The maximum atomic E-state index is 13.4. The molecule has 2 saturated heterocycles. The van der Waals surface area contributed by atoms with Crippen molar-refractivity contribution in [3.8, 4) is 0 Å². The molecule has 15 heteroatoms. The van der Waals surface area contributed by atoms with Gasteiger partial charge in [0.05, 0.1) is 38.1 Å². The van der Waals surface area contributed by atoms with Crippen molar-refractivity contribution in [1.29, 1.82) is 0 Å². The van der Waals surface area contributed by atoms with Gasteiger partial charge in [0.2, 0.25) is 11.8 Å². The third-order valence-corrected chi connectivity index (χ3v) is 13.2. The molecule has 1 unspecified atom stereocenters. The average molecular weight is 793 g/mol. The van der Waals surface area contributed by atoms with Crippen LogP contribution in [0.3, 0.4) is 0 Å². The van der Waals surface area contributed by atoms with E-state index >= 15 is 0 Å². The minimum absolute atomic E-state index is 0.0893. The molecule has 1 aliphatic carbocycles. The summed E-state index contributed by atoms with van der Waals surface area (Å²) in [4.78, 5) is 80.4. The van der Waals surface area contributed by atoms with E-state index in [1.54, 1.807) is 43.4 Å². The van der Waals surface area contributed by atoms with Crippen molar-refractivity contribution in [1.82, 2.24) is 30.1 Å². The fourth-order valence-electron chi connectivity index (χ4n) is 8.87. The molecule has 0 radical (unpaired) electrons. The van der Waals surface area contributed by atoms with Crippen LogP contribution in [0.4, 0.5) is 11.4 Å². The number of fused-ring (bicyclic) bond motifs is 2. The molecule has 0 bridgehead atoms. The number of nitrogens with one attached hydrogen (secondary N) is 3. The van der Waals surface area contributed by atoms with Crippen LogP contribution < -0.4 is 16.0 Å². The molecule has 57 heavy (non-hydrogen) atoms. The second-order valence-corrected chi connectivity index (χ2v) is 17.4. The maximum Gasteiger partial charge on any atom is 0.275 e. The van der Waals surface area contributed by atoms with Crippen LogP contribution >= 0.6 is 11.3 Å². The highest BCUT2D eigenvalue weighted by atomic mass is 32.1. The molecule has 1 saturated carbocycles. The lowest BCUT2D eigenvalue weighted by Crippen LogP contribution is -2.54. The van der Waals surface area contributed by atoms with Gasteiger partial charge < -0.3 is 20.6 Å². The van der Waals surface area contributed by atoms with Gasteiger partial charge in [-0.05, 0) is 114 Å². The van der Waals surface area contributed by atoms with Crippen LogP contribution in [-0.2, 0) is 15.2 Å². The number of thiazole rings is 1. The van der Waals surface area contributed by atoms with Crippen LogP contribution in [-0.4, -0.2) is 91.6 Å². The Hall–Kier alpha value is -5.12. The van der Waals surface area contributed by atoms with Crippen molar-refractivity contribution in [2.75, 3.05) is 36.8 Å². The van der Waals surface area contributed by atoms with Gasteiger partial charge >= 0.3 is 0 Å².